The van der Waals surface area contributed by atoms with Gasteiger partial charge in [0.1, 0.15) is 0 Å². The van der Waals surface area contributed by atoms with Gasteiger partial charge in [-0.2, -0.15) is 0 Å². The first kappa shape index (κ1) is 33.4. The maximum absolute atomic E-state index is 4.11. The quantitative estimate of drug-likeness (QED) is 0.0956. The molecule has 0 saturated carbocycles. The van der Waals surface area contributed by atoms with Crippen molar-refractivity contribution in [3.63, 3.8) is 0 Å². The minimum atomic E-state index is -2.25. The predicted octanol–water partition coefficient (Wildman–Crippen LogP) is 11.5. The van der Waals surface area contributed by atoms with Gasteiger partial charge in [-0.3, -0.25) is 0 Å². The standard InChI is InChI=1S/C20H37.3C4H9.Sn/c1-7-18(4)12-9-14-20(6)16-10-15-19(5)13-8-11-17(2)3;3*1-3-4-2;/h17-20H,8-16H2,2-6H3;3*1,3-4H2,2H3;. The molecule has 3 unspecified atom stereocenters. The maximum atomic E-state index is 4.11. The van der Waals surface area contributed by atoms with Gasteiger partial charge in [-0.25, -0.2) is 0 Å². The van der Waals surface area contributed by atoms with Crippen LogP contribution in [0.25, 0.3) is 0 Å². The van der Waals surface area contributed by atoms with Crippen LogP contribution < -0.4 is 0 Å². The van der Waals surface area contributed by atoms with Gasteiger partial charge in [0.2, 0.25) is 0 Å². The van der Waals surface area contributed by atoms with Crippen molar-refractivity contribution in [2.24, 2.45) is 23.7 Å². The molecule has 0 radical (unpaired) electrons. The molecule has 0 aromatic heterocycles. The molecular weight excluding hydrogens is 503 g/mol. The van der Waals surface area contributed by atoms with Crippen LogP contribution in [-0.4, -0.2) is 18.4 Å². The number of rotatable bonds is 21. The first-order valence-electron chi connectivity index (χ1n) is 15.3. The number of unbranched alkanes of at least 4 members (excludes halogenated alkanes) is 3. The molecule has 0 heterocycles. The molecule has 0 N–H and O–H groups in total. The monoisotopic (exact) mass is 568 g/mol. The van der Waals surface area contributed by atoms with Crippen LogP contribution in [0.3, 0.4) is 0 Å². The Labute approximate surface area is 216 Å². The van der Waals surface area contributed by atoms with E-state index in [0.717, 1.165) is 17.8 Å². The van der Waals surface area contributed by atoms with Crippen LogP contribution in [0.4, 0.5) is 0 Å². The zero-order valence-corrected chi connectivity index (χ0v) is 27.4. The summed E-state index contributed by atoms with van der Waals surface area (Å²) in [6, 6.07) is 0. The van der Waals surface area contributed by atoms with E-state index in [4.69, 9.17) is 0 Å². The Balaban J connectivity index is 4.40. The fraction of sp³-hybridized carbons (Fsp3) is 0.938. The molecule has 33 heavy (non-hydrogen) atoms. The summed E-state index contributed by atoms with van der Waals surface area (Å²) in [5.41, 5.74) is 0. The van der Waals surface area contributed by atoms with Crippen LogP contribution in [0.1, 0.15) is 152 Å². The Morgan fingerprint density at radius 3 is 1.30 bits per heavy atom. The molecule has 0 saturated heterocycles. The number of hydrogen-bond acceptors (Lipinski definition) is 0. The van der Waals surface area contributed by atoms with Gasteiger partial charge in [-0.05, 0) is 5.92 Å². The molecule has 0 fully saturated rings. The van der Waals surface area contributed by atoms with Crippen molar-refractivity contribution in [3.8, 4) is 9.86 Å². The molecule has 0 amide bonds. The summed E-state index contributed by atoms with van der Waals surface area (Å²) in [6.07, 6.45) is 21.0. The topological polar surface area (TPSA) is 0 Å². The zero-order chi connectivity index (χ0) is 25.0. The molecule has 0 nitrogen and oxygen atoms in total. The third-order valence-corrected chi connectivity index (χ3v) is 21.0. The van der Waals surface area contributed by atoms with Crippen LogP contribution in [0.15, 0.2) is 0 Å². The van der Waals surface area contributed by atoms with Crippen LogP contribution in [-0.2, 0) is 0 Å². The summed E-state index contributed by atoms with van der Waals surface area (Å²) in [5, 5.41) is 0. The summed E-state index contributed by atoms with van der Waals surface area (Å²) in [6.45, 7) is 19.2. The van der Waals surface area contributed by atoms with Crippen molar-refractivity contribution in [1.29, 1.82) is 0 Å². The van der Waals surface area contributed by atoms with Gasteiger partial charge in [-0.1, -0.05) is 26.7 Å². The van der Waals surface area contributed by atoms with Gasteiger partial charge < -0.3 is 0 Å². The van der Waals surface area contributed by atoms with E-state index in [0.29, 0.717) is 5.92 Å². The van der Waals surface area contributed by atoms with Gasteiger partial charge in [0.05, 0.1) is 0 Å². The zero-order valence-electron chi connectivity index (χ0n) is 24.5. The van der Waals surface area contributed by atoms with E-state index < -0.39 is 18.4 Å². The van der Waals surface area contributed by atoms with Crippen molar-refractivity contribution >= 4 is 18.4 Å². The van der Waals surface area contributed by atoms with Crippen molar-refractivity contribution < 1.29 is 0 Å². The van der Waals surface area contributed by atoms with Crippen molar-refractivity contribution in [2.75, 3.05) is 0 Å². The SMILES string of the molecule is CCC[CH2][Sn]([C]#CC(C)CCCC(C)CCCC(C)CCCC(C)C)([CH2]CCC)[CH2]CCC. The Morgan fingerprint density at radius 1 is 0.515 bits per heavy atom. The normalized spacial score (nSPS) is 14.7. The fourth-order valence-corrected chi connectivity index (χ4v) is 18.8. The van der Waals surface area contributed by atoms with Crippen molar-refractivity contribution in [3.05, 3.63) is 0 Å². The van der Waals surface area contributed by atoms with Gasteiger partial charge in [-0.15, -0.1) is 0 Å². The third kappa shape index (κ3) is 19.3. The van der Waals surface area contributed by atoms with Crippen LogP contribution in [0.5, 0.6) is 0 Å². The second kappa shape index (κ2) is 21.6. The van der Waals surface area contributed by atoms with E-state index >= 15 is 0 Å². The summed E-state index contributed by atoms with van der Waals surface area (Å²) in [7, 11) is 0. The molecule has 0 aliphatic carbocycles. The van der Waals surface area contributed by atoms with Gasteiger partial charge >= 0.3 is 184 Å². The van der Waals surface area contributed by atoms with E-state index in [1.165, 1.54) is 110 Å². The Bertz CT molecular complexity index is 461. The molecule has 0 rings (SSSR count). The van der Waals surface area contributed by atoms with Crippen LogP contribution >= 0.6 is 0 Å². The van der Waals surface area contributed by atoms with E-state index in [1.54, 1.807) is 0 Å². The minimum absolute atomic E-state index is 0.610. The Hall–Kier alpha value is 0.359. The first-order valence-corrected chi connectivity index (χ1v) is 22.8. The van der Waals surface area contributed by atoms with Crippen LogP contribution in [0.2, 0.25) is 13.3 Å². The second-order valence-corrected chi connectivity index (χ2v) is 24.5. The molecule has 0 bridgehead atoms. The van der Waals surface area contributed by atoms with E-state index in [1.807, 2.05) is 0 Å². The molecule has 196 valence electrons. The molecule has 3 atom stereocenters. The van der Waals surface area contributed by atoms with Crippen LogP contribution in [0, 0.1) is 33.5 Å². The van der Waals surface area contributed by atoms with Crippen molar-refractivity contribution in [1.82, 2.24) is 0 Å². The van der Waals surface area contributed by atoms with Crippen molar-refractivity contribution in [2.45, 2.75) is 165 Å². The average Bonchev–Trinajstić information content (AvgIpc) is 2.78. The molecular formula is C32H64Sn. The second-order valence-electron chi connectivity index (χ2n) is 12.2. The number of hydrogen-bond donors (Lipinski definition) is 0. The molecule has 0 aliphatic rings. The van der Waals surface area contributed by atoms with Gasteiger partial charge in [0.25, 0.3) is 0 Å². The van der Waals surface area contributed by atoms with E-state index in [2.05, 4.69) is 65.2 Å². The summed E-state index contributed by atoms with van der Waals surface area (Å²) >= 11 is -2.25. The molecule has 0 spiro atoms. The average molecular weight is 568 g/mol. The third-order valence-electron chi connectivity index (χ3n) is 7.82. The molecule has 1 heteroatoms. The summed E-state index contributed by atoms with van der Waals surface area (Å²) < 4.78 is 8.68. The molecule has 0 aromatic rings. The Morgan fingerprint density at radius 2 is 0.909 bits per heavy atom. The summed E-state index contributed by atoms with van der Waals surface area (Å²) in [5.74, 6) is 7.15. The summed E-state index contributed by atoms with van der Waals surface area (Å²) in [4.78, 5) is 0. The van der Waals surface area contributed by atoms with Gasteiger partial charge in [0, 0.05) is 0 Å². The van der Waals surface area contributed by atoms with E-state index in [-0.39, 0.29) is 0 Å². The van der Waals surface area contributed by atoms with Gasteiger partial charge in [0.15, 0.2) is 0 Å². The Kier molecular flexibility index (Phi) is 21.9. The first-order chi connectivity index (χ1) is 15.8. The fourth-order valence-electron chi connectivity index (χ4n) is 5.21. The van der Waals surface area contributed by atoms with E-state index in [9.17, 15) is 0 Å². The molecule has 0 aliphatic heterocycles. The predicted molar refractivity (Wildman–Crippen MR) is 157 cm³/mol. The molecule has 0 aromatic carbocycles.